The van der Waals surface area contributed by atoms with Crippen LogP contribution in [0.15, 0.2) is 35.7 Å². The first-order valence-corrected chi connectivity index (χ1v) is 9.01. The van der Waals surface area contributed by atoms with Crippen molar-refractivity contribution >= 4 is 17.3 Å². The summed E-state index contributed by atoms with van der Waals surface area (Å²) in [6.07, 6.45) is 1.48. The van der Waals surface area contributed by atoms with Crippen molar-refractivity contribution in [2.75, 3.05) is 13.1 Å². The fourth-order valence-corrected chi connectivity index (χ4v) is 4.52. The molecule has 1 aromatic carbocycles. The summed E-state index contributed by atoms with van der Waals surface area (Å²) in [6, 6.07) is 11.1. The number of carbonyl (C=O) groups is 1. The lowest BCUT2D eigenvalue weighted by Gasteiger charge is -2.37. The second-order valence-corrected chi connectivity index (χ2v) is 7.38. The minimum absolute atomic E-state index is 0.186. The lowest BCUT2D eigenvalue weighted by atomic mass is 9.92. The molecular weight excluding hydrogens is 306 g/mol. The van der Waals surface area contributed by atoms with Crippen LogP contribution < -0.4 is 0 Å². The minimum Gasteiger partial charge on any atom is -0.481 e. The van der Waals surface area contributed by atoms with Crippen LogP contribution in [0.4, 0.5) is 0 Å². The highest BCUT2D eigenvalue weighted by atomic mass is 32.1. The van der Waals surface area contributed by atoms with Gasteiger partial charge in [-0.1, -0.05) is 29.8 Å². The molecule has 23 heavy (non-hydrogen) atoms. The molecule has 1 saturated heterocycles. The highest BCUT2D eigenvalue weighted by molar-refractivity contribution is 7.10. The van der Waals surface area contributed by atoms with E-state index < -0.39 is 5.97 Å². The van der Waals surface area contributed by atoms with E-state index in [4.69, 9.17) is 0 Å². The molecule has 1 aliphatic heterocycles. The topological polar surface area (TPSA) is 40.5 Å². The van der Waals surface area contributed by atoms with E-state index in [0.717, 1.165) is 25.9 Å². The van der Waals surface area contributed by atoms with Gasteiger partial charge in [0.15, 0.2) is 0 Å². The molecular formula is C19H23NO2S. The average molecular weight is 329 g/mol. The zero-order valence-electron chi connectivity index (χ0n) is 13.7. The highest BCUT2D eigenvalue weighted by Gasteiger charge is 2.31. The number of rotatable bonds is 4. The molecule has 1 fully saturated rings. The van der Waals surface area contributed by atoms with Crippen LogP contribution >= 0.6 is 11.3 Å². The van der Waals surface area contributed by atoms with Gasteiger partial charge in [0.1, 0.15) is 0 Å². The Balaban J connectivity index is 1.91. The van der Waals surface area contributed by atoms with Crippen molar-refractivity contribution in [2.45, 2.75) is 32.7 Å². The van der Waals surface area contributed by atoms with Crippen LogP contribution in [-0.2, 0) is 4.79 Å². The van der Waals surface area contributed by atoms with Gasteiger partial charge in [-0.2, -0.15) is 0 Å². The third kappa shape index (κ3) is 3.48. The van der Waals surface area contributed by atoms with E-state index in [0.29, 0.717) is 0 Å². The average Bonchev–Trinajstić information content (AvgIpc) is 2.94. The molecule has 0 bridgehead atoms. The number of aliphatic carboxylic acids is 1. The summed E-state index contributed by atoms with van der Waals surface area (Å²) in [6.45, 7) is 5.97. The summed E-state index contributed by atoms with van der Waals surface area (Å²) < 4.78 is 0. The van der Waals surface area contributed by atoms with Crippen LogP contribution in [0.1, 0.15) is 40.5 Å². The number of piperidine rings is 1. The Labute approximate surface area is 141 Å². The zero-order valence-corrected chi connectivity index (χ0v) is 14.5. The van der Waals surface area contributed by atoms with Crippen LogP contribution in [0.25, 0.3) is 0 Å². The predicted octanol–water partition coefficient (Wildman–Crippen LogP) is 4.25. The second kappa shape index (κ2) is 6.85. The van der Waals surface area contributed by atoms with E-state index in [2.05, 4.69) is 54.5 Å². The van der Waals surface area contributed by atoms with Crippen LogP contribution in [0, 0.1) is 19.8 Å². The number of carboxylic acid groups (broad SMARTS) is 1. The van der Waals surface area contributed by atoms with E-state index in [1.54, 1.807) is 11.3 Å². The van der Waals surface area contributed by atoms with Gasteiger partial charge in [-0.15, -0.1) is 11.3 Å². The Morgan fingerprint density at radius 1 is 1.26 bits per heavy atom. The molecule has 0 radical (unpaired) electrons. The second-order valence-electron chi connectivity index (χ2n) is 6.43. The first-order valence-electron chi connectivity index (χ1n) is 8.13. The summed E-state index contributed by atoms with van der Waals surface area (Å²) in [5, 5.41) is 11.4. The summed E-state index contributed by atoms with van der Waals surface area (Å²) in [7, 11) is 0. The maximum absolute atomic E-state index is 11.2. The molecule has 3 rings (SSSR count). The van der Waals surface area contributed by atoms with E-state index >= 15 is 0 Å². The smallest absolute Gasteiger partial charge is 0.306 e. The van der Waals surface area contributed by atoms with Crippen LogP contribution in [-0.4, -0.2) is 29.1 Å². The maximum Gasteiger partial charge on any atom is 0.306 e. The van der Waals surface area contributed by atoms with Gasteiger partial charge in [0.2, 0.25) is 0 Å². The highest BCUT2D eigenvalue weighted by Crippen LogP contribution is 2.37. The Hall–Kier alpha value is -1.65. The molecule has 1 aromatic heterocycles. The monoisotopic (exact) mass is 329 g/mol. The Bertz CT molecular complexity index is 686. The summed E-state index contributed by atoms with van der Waals surface area (Å²) >= 11 is 1.80. The van der Waals surface area contributed by atoms with Gasteiger partial charge in [-0.05, 0) is 62.4 Å². The number of nitrogens with zero attached hydrogens (tertiary/aromatic N) is 1. The number of thiophene rings is 1. The molecule has 2 aromatic rings. The van der Waals surface area contributed by atoms with Gasteiger partial charge in [-0.25, -0.2) is 0 Å². The molecule has 3 nitrogen and oxygen atoms in total. The van der Waals surface area contributed by atoms with Crippen LogP contribution in [0.3, 0.4) is 0 Å². The molecule has 1 N–H and O–H groups in total. The fraction of sp³-hybridized carbons (Fsp3) is 0.421. The quantitative estimate of drug-likeness (QED) is 0.911. The van der Waals surface area contributed by atoms with Crippen molar-refractivity contribution in [1.29, 1.82) is 0 Å². The molecule has 0 saturated carbocycles. The van der Waals surface area contributed by atoms with Gasteiger partial charge < -0.3 is 5.11 Å². The zero-order chi connectivity index (χ0) is 16.4. The van der Waals surface area contributed by atoms with Gasteiger partial charge in [0, 0.05) is 4.88 Å². The van der Waals surface area contributed by atoms with E-state index in [1.807, 2.05) is 0 Å². The number of hydrogen-bond acceptors (Lipinski definition) is 3. The van der Waals surface area contributed by atoms with Gasteiger partial charge in [-0.3, -0.25) is 9.69 Å². The summed E-state index contributed by atoms with van der Waals surface area (Å²) in [5.41, 5.74) is 3.90. The summed E-state index contributed by atoms with van der Waals surface area (Å²) in [5.74, 6) is -0.835. The largest absolute Gasteiger partial charge is 0.481 e. The normalized spacial score (nSPS) is 18.0. The molecule has 1 unspecified atom stereocenters. The van der Waals surface area contributed by atoms with Crippen molar-refractivity contribution in [1.82, 2.24) is 4.90 Å². The van der Waals surface area contributed by atoms with Crippen molar-refractivity contribution in [3.63, 3.8) is 0 Å². The van der Waals surface area contributed by atoms with Gasteiger partial charge in [0.05, 0.1) is 12.0 Å². The predicted molar refractivity (Wildman–Crippen MR) is 94.0 cm³/mol. The molecule has 1 atom stereocenters. The minimum atomic E-state index is -0.649. The van der Waals surface area contributed by atoms with E-state index in [1.165, 1.54) is 21.6 Å². The van der Waals surface area contributed by atoms with Crippen molar-refractivity contribution in [2.24, 2.45) is 5.92 Å². The standard InChI is InChI=1S/C19H23NO2S/c1-13-4-3-5-16(12-13)17(18-14(2)8-11-23-18)20-9-6-15(7-10-20)19(21)22/h3-5,8,11-12,15,17H,6-7,9-10H2,1-2H3,(H,21,22). The van der Waals surface area contributed by atoms with E-state index in [9.17, 15) is 9.90 Å². The molecule has 0 aliphatic carbocycles. The third-order valence-corrected chi connectivity index (χ3v) is 5.82. The molecule has 1 aliphatic rings. The Morgan fingerprint density at radius 3 is 2.57 bits per heavy atom. The molecule has 122 valence electrons. The maximum atomic E-state index is 11.2. The molecule has 4 heteroatoms. The number of carboxylic acids is 1. The SMILES string of the molecule is Cc1cccc(C(c2sccc2C)N2CCC(C(=O)O)CC2)c1. The van der Waals surface area contributed by atoms with Crippen molar-refractivity contribution < 1.29 is 9.90 Å². The summed E-state index contributed by atoms with van der Waals surface area (Å²) in [4.78, 5) is 15.0. The number of benzene rings is 1. The Kier molecular flexibility index (Phi) is 4.83. The number of likely N-dealkylation sites (tertiary alicyclic amines) is 1. The lowest BCUT2D eigenvalue weighted by Crippen LogP contribution is -2.39. The fourth-order valence-electron chi connectivity index (χ4n) is 3.44. The van der Waals surface area contributed by atoms with Crippen molar-refractivity contribution in [3.05, 3.63) is 57.3 Å². The van der Waals surface area contributed by atoms with Crippen LogP contribution in [0.5, 0.6) is 0 Å². The first kappa shape index (κ1) is 16.2. The van der Waals surface area contributed by atoms with Gasteiger partial charge in [0.25, 0.3) is 0 Å². The molecule has 2 heterocycles. The molecule has 0 amide bonds. The third-order valence-electron chi connectivity index (χ3n) is 4.75. The Morgan fingerprint density at radius 2 is 2.00 bits per heavy atom. The van der Waals surface area contributed by atoms with Crippen LogP contribution in [0.2, 0.25) is 0 Å². The van der Waals surface area contributed by atoms with E-state index in [-0.39, 0.29) is 12.0 Å². The molecule has 0 spiro atoms. The number of hydrogen-bond donors (Lipinski definition) is 1. The lowest BCUT2D eigenvalue weighted by molar-refractivity contribution is -0.143. The van der Waals surface area contributed by atoms with Gasteiger partial charge >= 0.3 is 5.97 Å². The van der Waals surface area contributed by atoms with Crippen molar-refractivity contribution in [3.8, 4) is 0 Å². The number of aryl methyl sites for hydroxylation is 2. The first-order chi connectivity index (χ1) is 11.1.